The van der Waals surface area contributed by atoms with Crippen molar-refractivity contribution in [3.8, 4) is 0 Å². The highest BCUT2D eigenvalue weighted by atomic mass is 79.9. The van der Waals surface area contributed by atoms with E-state index in [4.69, 9.17) is 11.6 Å². The zero-order valence-electron chi connectivity index (χ0n) is 9.09. The Kier molecular flexibility index (Phi) is 4.03. The van der Waals surface area contributed by atoms with Crippen LogP contribution in [0.1, 0.15) is 20.8 Å². The van der Waals surface area contributed by atoms with Gasteiger partial charge >= 0.3 is 6.18 Å². The van der Waals surface area contributed by atoms with Crippen LogP contribution < -0.4 is 0 Å². The summed E-state index contributed by atoms with van der Waals surface area (Å²) in [5.41, 5.74) is -0.893. The van der Waals surface area contributed by atoms with Crippen molar-refractivity contribution in [1.82, 2.24) is 0 Å². The molecule has 0 amide bonds. The summed E-state index contributed by atoms with van der Waals surface area (Å²) < 4.78 is 38.5. The van der Waals surface area contributed by atoms with E-state index in [0.717, 1.165) is 17.4 Å². The zero-order chi connectivity index (χ0) is 14.2. The predicted molar refractivity (Wildman–Crippen MR) is 71.9 cm³/mol. The number of carbonyl (C=O) groups is 1. The number of hydrogen-bond donors (Lipinski definition) is 0. The van der Waals surface area contributed by atoms with E-state index >= 15 is 0 Å². The lowest BCUT2D eigenvalue weighted by molar-refractivity contribution is -0.138. The molecule has 0 fully saturated rings. The van der Waals surface area contributed by atoms with Crippen molar-refractivity contribution < 1.29 is 18.0 Å². The summed E-state index contributed by atoms with van der Waals surface area (Å²) in [6.07, 6.45) is -4.51. The van der Waals surface area contributed by atoms with Gasteiger partial charge in [0.05, 0.1) is 14.8 Å². The van der Waals surface area contributed by atoms with Gasteiger partial charge < -0.3 is 0 Å². The van der Waals surface area contributed by atoms with Crippen molar-refractivity contribution in [1.29, 1.82) is 0 Å². The van der Waals surface area contributed by atoms with Gasteiger partial charge in [-0.15, -0.1) is 11.3 Å². The number of hydrogen-bond acceptors (Lipinski definition) is 2. The SMILES string of the molecule is O=C(c1ccc(Br)c(C(F)(F)F)c1)c1ccc(Cl)s1. The number of halogens is 5. The van der Waals surface area contributed by atoms with E-state index in [2.05, 4.69) is 15.9 Å². The van der Waals surface area contributed by atoms with E-state index in [1.54, 1.807) is 0 Å². The highest BCUT2D eigenvalue weighted by molar-refractivity contribution is 9.10. The van der Waals surface area contributed by atoms with E-state index in [1.165, 1.54) is 24.3 Å². The molecule has 0 bridgehead atoms. The van der Waals surface area contributed by atoms with Gasteiger partial charge in [0.25, 0.3) is 0 Å². The first-order chi connectivity index (χ1) is 8.79. The number of thiophene rings is 1. The average Bonchev–Trinajstić information content (AvgIpc) is 2.74. The Morgan fingerprint density at radius 3 is 2.42 bits per heavy atom. The van der Waals surface area contributed by atoms with E-state index in [0.29, 0.717) is 9.21 Å². The molecule has 1 aromatic carbocycles. The number of rotatable bonds is 2. The highest BCUT2D eigenvalue weighted by Gasteiger charge is 2.33. The van der Waals surface area contributed by atoms with Crippen molar-refractivity contribution >= 4 is 44.7 Å². The summed E-state index contributed by atoms with van der Waals surface area (Å²) in [4.78, 5) is 12.3. The molecule has 0 atom stereocenters. The van der Waals surface area contributed by atoms with Gasteiger partial charge in [0.15, 0.2) is 0 Å². The first-order valence-corrected chi connectivity index (χ1v) is 6.94. The van der Waals surface area contributed by atoms with Crippen LogP contribution in [0.2, 0.25) is 4.34 Å². The molecule has 2 aromatic rings. The van der Waals surface area contributed by atoms with Crippen molar-refractivity contribution in [3.63, 3.8) is 0 Å². The maximum Gasteiger partial charge on any atom is 0.417 e. The fourth-order valence-electron chi connectivity index (χ4n) is 1.46. The van der Waals surface area contributed by atoms with Crippen molar-refractivity contribution in [2.45, 2.75) is 6.18 Å². The molecule has 0 saturated heterocycles. The molecule has 0 N–H and O–H groups in total. The summed E-state index contributed by atoms with van der Waals surface area (Å²) in [7, 11) is 0. The van der Waals surface area contributed by atoms with Crippen LogP contribution in [0.5, 0.6) is 0 Å². The van der Waals surface area contributed by atoms with Gasteiger partial charge in [-0.3, -0.25) is 4.79 Å². The molecule has 2 rings (SSSR count). The largest absolute Gasteiger partial charge is 0.417 e. The maximum absolute atomic E-state index is 12.7. The van der Waals surface area contributed by atoms with E-state index < -0.39 is 17.5 Å². The number of carbonyl (C=O) groups excluding carboxylic acids is 1. The van der Waals surface area contributed by atoms with Gasteiger partial charge in [0.2, 0.25) is 5.78 Å². The van der Waals surface area contributed by atoms with E-state index in [9.17, 15) is 18.0 Å². The van der Waals surface area contributed by atoms with Crippen molar-refractivity contribution in [2.24, 2.45) is 0 Å². The third kappa shape index (κ3) is 3.19. The average molecular weight is 370 g/mol. The normalized spacial score (nSPS) is 11.6. The van der Waals surface area contributed by atoms with Crippen LogP contribution in [0.3, 0.4) is 0 Å². The lowest BCUT2D eigenvalue weighted by Crippen LogP contribution is -2.08. The van der Waals surface area contributed by atoms with Gasteiger partial charge in [0.1, 0.15) is 0 Å². The second-order valence-electron chi connectivity index (χ2n) is 3.63. The molecule has 1 heterocycles. The quantitative estimate of drug-likeness (QED) is 0.647. The van der Waals surface area contributed by atoms with Crippen molar-refractivity contribution in [2.75, 3.05) is 0 Å². The molecule has 1 nitrogen and oxygen atoms in total. The molecular formula is C12H5BrClF3OS. The molecule has 100 valence electrons. The number of benzene rings is 1. The fourth-order valence-corrected chi connectivity index (χ4v) is 2.94. The van der Waals surface area contributed by atoms with Crippen LogP contribution in [0, 0.1) is 0 Å². The van der Waals surface area contributed by atoms with Gasteiger partial charge in [-0.1, -0.05) is 27.5 Å². The smallest absolute Gasteiger partial charge is 0.288 e. The third-order valence-corrected chi connectivity index (χ3v) is 4.25. The summed E-state index contributed by atoms with van der Waals surface area (Å²) >= 11 is 9.56. The van der Waals surface area contributed by atoms with Crippen molar-refractivity contribution in [3.05, 3.63) is 55.1 Å². The minimum atomic E-state index is -4.51. The molecule has 0 aliphatic rings. The number of alkyl halides is 3. The molecule has 0 aliphatic carbocycles. The Hall–Kier alpha value is -0.850. The number of ketones is 1. The Labute approximate surface area is 124 Å². The van der Waals surface area contributed by atoms with Gasteiger partial charge in [-0.05, 0) is 30.3 Å². The first-order valence-electron chi connectivity index (χ1n) is 4.96. The van der Waals surface area contributed by atoms with Crippen LogP contribution in [0.15, 0.2) is 34.8 Å². The first kappa shape index (κ1) is 14.6. The Morgan fingerprint density at radius 2 is 1.89 bits per heavy atom. The topological polar surface area (TPSA) is 17.1 Å². The summed E-state index contributed by atoms with van der Waals surface area (Å²) in [5.74, 6) is -0.477. The second kappa shape index (κ2) is 5.26. The third-order valence-electron chi connectivity index (χ3n) is 2.33. The lowest BCUT2D eigenvalue weighted by atomic mass is 10.1. The van der Waals surface area contributed by atoms with E-state index in [1.807, 2.05) is 0 Å². The Balaban J connectivity index is 2.44. The van der Waals surface area contributed by atoms with Crippen LogP contribution in [0.25, 0.3) is 0 Å². The Morgan fingerprint density at radius 1 is 1.21 bits per heavy atom. The Bertz CT molecular complexity index is 636. The maximum atomic E-state index is 12.7. The standard InChI is InChI=1S/C12H5BrClF3OS/c13-8-2-1-6(5-7(8)12(15,16)17)11(18)9-3-4-10(14)19-9/h1-5H. The van der Waals surface area contributed by atoms with Crippen LogP contribution in [-0.2, 0) is 6.18 Å². The van der Waals surface area contributed by atoms with Crippen LogP contribution in [-0.4, -0.2) is 5.78 Å². The molecule has 1 aromatic heterocycles. The minimum absolute atomic E-state index is 0.0194. The second-order valence-corrected chi connectivity index (χ2v) is 6.19. The summed E-state index contributed by atoms with van der Waals surface area (Å²) in [6.45, 7) is 0. The van der Waals surface area contributed by atoms with Crippen LogP contribution in [0.4, 0.5) is 13.2 Å². The van der Waals surface area contributed by atoms with E-state index in [-0.39, 0.29) is 10.0 Å². The molecule has 7 heteroatoms. The molecule has 0 saturated carbocycles. The predicted octanol–water partition coefficient (Wildman–Crippen LogP) is 5.41. The fraction of sp³-hybridized carbons (Fsp3) is 0.0833. The van der Waals surface area contributed by atoms with Gasteiger partial charge in [0, 0.05) is 10.0 Å². The summed E-state index contributed by atoms with van der Waals surface area (Å²) in [6, 6.07) is 6.41. The van der Waals surface area contributed by atoms with Gasteiger partial charge in [-0.25, -0.2) is 0 Å². The molecular weight excluding hydrogens is 365 g/mol. The summed E-state index contributed by atoms with van der Waals surface area (Å²) in [5, 5.41) is 0. The molecule has 0 radical (unpaired) electrons. The molecule has 0 spiro atoms. The minimum Gasteiger partial charge on any atom is -0.288 e. The lowest BCUT2D eigenvalue weighted by Gasteiger charge is -2.10. The molecule has 19 heavy (non-hydrogen) atoms. The van der Waals surface area contributed by atoms with Crippen LogP contribution >= 0.6 is 38.9 Å². The molecule has 0 unspecified atom stereocenters. The zero-order valence-corrected chi connectivity index (χ0v) is 12.3. The van der Waals surface area contributed by atoms with Gasteiger partial charge in [-0.2, -0.15) is 13.2 Å². The molecule has 0 aliphatic heterocycles. The monoisotopic (exact) mass is 368 g/mol. The highest BCUT2D eigenvalue weighted by Crippen LogP contribution is 2.36.